The average Bonchev–Trinajstić information content (AvgIpc) is 2.85. The number of nitrogen functional groups attached to an aromatic ring is 1. The van der Waals surface area contributed by atoms with Crippen molar-refractivity contribution >= 4 is 29.2 Å². The summed E-state index contributed by atoms with van der Waals surface area (Å²) in [6.07, 6.45) is 0.486. The van der Waals surface area contributed by atoms with E-state index in [4.69, 9.17) is 17.3 Å². The molecule has 0 saturated carbocycles. The number of rotatable bonds is 2. The number of anilines is 1. The van der Waals surface area contributed by atoms with Crippen LogP contribution >= 0.6 is 23.4 Å². The van der Waals surface area contributed by atoms with E-state index in [1.807, 2.05) is 12.1 Å². The van der Waals surface area contributed by atoms with Crippen molar-refractivity contribution in [3.63, 3.8) is 0 Å². The molecule has 2 heterocycles. The first kappa shape index (κ1) is 12.6. The van der Waals surface area contributed by atoms with Gasteiger partial charge in [-0.1, -0.05) is 35.5 Å². The number of hydrogen-bond acceptors (Lipinski definition) is 4. The van der Waals surface area contributed by atoms with Gasteiger partial charge in [-0.15, -0.1) is 0 Å². The normalized spacial score (nSPS) is 13.5. The summed E-state index contributed by atoms with van der Waals surface area (Å²) in [5, 5.41) is 1.40. The van der Waals surface area contributed by atoms with Gasteiger partial charge >= 0.3 is 0 Å². The highest BCUT2D eigenvalue weighted by Gasteiger charge is 2.19. The van der Waals surface area contributed by atoms with Crippen LogP contribution in [0.5, 0.6) is 0 Å². The Morgan fingerprint density at radius 3 is 2.84 bits per heavy atom. The summed E-state index contributed by atoms with van der Waals surface area (Å²) in [4.78, 5) is 16.7. The van der Waals surface area contributed by atoms with E-state index in [-0.39, 0.29) is 5.56 Å². The fourth-order valence-corrected chi connectivity index (χ4v) is 3.17. The summed E-state index contributed by atoms with van der Waals surface area (Å²) in [6, 6.07) is 7.41. The van der Waals surface area contributed by atoms with Gasteiger partial charge in [0.25, 0.3) is 5.56 Å². The molecule has 0 amide bonds. The van der Waals surface area contributed by atoms with Gasteiger partial charge in [0.05, 0.1) is 5.56 Å². The smallest absolute Gasteiger partial charge is 0.259 e. The number of halogens is 1. The van der Waals surface area contributed by atoms with Crippen molar-refractivity contribution < 1.29 is 0 Å². The van der Waals surface area contributed by atoms with Crippen molar-refractivity contribution in [2.45, 2.75) is 18.1 Å². The van der Waals surface area contributed by atoms with E-state index in [0.29, 0.717) is 29.4 Å². The molecule has 0 aliphatic carbocycles. The quantitative estimate of drug-likeness (QED) is 0.862. The molecule has 1 aromatic carbocycles. The summed E-state index contributed by atoms with van der Waals surface area (Å²) >= 11 is 7.42. The van der Waals surface area contributed by atoms with Crippen LogP contribution in [-0.4, -0.2) is 15.3 Å². The maximum absolute atomic E-state index is 12.4. The van der Waals surface area contributed by atoms with Crippen molar-refractivity contribution in [1.82, 2.24) is 9.55 Å². The van der Waals surface area contributed by atoms with E-state index in [1.165, 1.54) is 0 Å². The Morgan fingerprint density at radius 2 is 2.11 bits per heavy atom. The van der Waals surface area contributed by atoms with Crippen LogP contribution in [0.15, 0.2) is 34.2 Å². The molecule has 0 atom stereocenters. The van der Waals surface area contributed by atoms with E-state index >= 15 is 0 Å². The van der Waals surface area contributed by atoms with Gasteiger partial charge in [0.1, 0.15) is 5.82 Å². The van der Waals surface area contributed by atoms with Gasteiger partial charge in [0.2, 0.25) is 0 Å². The summed E-state index contributed by atoms with van der Waals surface area (Å²) in [7, 11) is 0. The maximum Gasteiger partial charge on any atom is 0.259 e. The third kappa shape index (κ3) is 2.35. The van der Waals surface area contributed by atoms with Crippen molar-refractivity contribution in [1.29, 1.82) is 0 Å². The highest BCUT2D eigenvalue weighted by Crippen LogP contribution is 2.24. The van der Waals surface area contributed by atoms with Crippen LogP contribution in [0.3, 0.4) is 0 Å². The minimum Gasteiger partial charge on any atom is -0.383 e. The predicted octanol–water partition coefficient (Wildman–Crippen LogP) is 2.18. The number of thioether (sulfide) groups is 1. The fourth-order valence-electron chi connectivity index (χ4n) is 2.10. The summed E-state index contributed by atoms with van der Waals surface area (Å²) in [5.74, 6) is 1.21. The molecule has 98 valence electrons. The third-order valence-electron chi connectivity index (χ3n) is 3.10. The molecule has 0 bridgehead atoms. The standard InChI is InChI=1S/C13H12ClN3OS/c14-9-3-1-8(2-4-9)7-10-11(15)16-13-17(12(10)18)5-6-19-13/h1-4H,5-7,15H2. The molecule has 1 aliphatic rings. The van der Waals surface area contributed by atoms with Crippen molar-refractivity contribution in [2.24, 2.45) is 0 Å². The number of hydrogen-bond donors (Lipinski definition) is 1. The predicted molar refractivity (Wildman–Crippen MR) is 77.9 cm³/mol. The molecule has 0 radical (unpaired) electrons. The van der Waals surface area contributed by atoms with Crippen molar-refractivity contribution in [3.05, 3.63) is 50.8 Å². The zero-order chi connectivity index (χ0) is 13.4. The molecule has 2 aromatic rings. The summed E-state index contributed by atoms with van der Waals surface area (Å²) in [6.45, 7) is 0.708. The molecule has 2 N–H and O–H groups in total. The lowest BCUT2D eigenvalue weighted by atomic mass is 10.1. The number of fused-ring (bicyclic) bond motifs is 1. The molecular weight excluding hydrogens is 282 g/mol. The molecule has 3 rings (SSSR count). The maximum atomic E-state index is 12.4. The third-order valence-corrected chi connectivity index (χ3v) is 4.31. The monoisotopic (exact) mass is 293 g/mol. The molecule has 1 aliphatic heterocycles. The Labute approximate surface area is 119 Å². The lowest BCUT2D eigenvalue weighted by Crippen LogP contribution is -2.26. The van der Waals surface area contributed by atoms with Crippen LogP contribution in [0.1, 0.15) is 11.1 Å². The van der Waals surface area contributed by atoms with Gasteiger partial charge in [-0.05, 0) is 17.7 Å². The van der Waals surface area contributed by atoms with E-state index in [1.54, 1.807) is 28.5 Å². The number of aromatic nitrogens is 2. The second-order valence-corrected chi connectivity index (χ2v) is 5.87. The van der Waals surface area contributed by atoms with Crippen molar-refractivity contribution in [2.75, 3.05) is 11.5 Å². The van der Waals surface area contributed by atoms with Gasteiger partial charge in [-0.25, -0.2) is 4.98 Å². The Morgan fingerprint density at radius 1 is 1.37 bits per heavy atom. The molecule has 6 heteroatoms. The first-order valence-corrected chi connectivity index (χ1v) is 7.28. The summed E-state index contributed by atoms with van der Waals surface area (Å²) < 4.78 is 1.70. The van der Waals surface area contributed by atoms with Crippen LogP contribution in [0.2, 0.25) is 5.02 Å². The first-order chi connectivity index (χ1) is 9.15. The molecule has 0 saturated heterocycles. The Bertz CT molecular complexity index is 682. The molecule has 0 fully saturated rings. The molecule has 0 unspecified atom stereocenters. The topological polar surface area (TPSA) is 60.9 Å². The zero-order valence-electron chi connectivity index (χ0n) is 10.1. The molecule has 4 nitrogen and oxygen atoms in total. The van der Waals surface area contributed by atoms with Crippen LogP contribution < -0.4 is 11.3 Å². The number of benzene rings is 1. The number of nitrogens with zero attached hydrogens (tertiary/aromatic N) is 2. The summed E-state index contributed by atoms with van der Waals surface area (Å²) in [5.41, 5.74) is 7.45. The minimum absolute atomic E-state index is 0.0255. The van der Waals surface area contributed by atoms with Crippen LogP contribution in [-0.2, 0) is 13.0 Å². The Balaban J connectivity index is 2.02. The number of nitrogens with two attached hydrogens (primary N) is 1. The average molecular weight is 294 g/mol. The Kier molecular flexibility index (Phi) is 3.24. The van der Waals surface area contributed by atoms with E-state index in [9.17, 15) is 4.79 Å². The molecule has 0 spiro atoms. The van der Waals surface area contributed by atoms with Crippen LogP contribution in [0, 0.1) is 0 Å². The van der Waals surface area contributed by atoms with Crippen molar-refractivity contribution in [3.8, 4) is 0 Å². The minimum atomic E-state index is -0.0255. The molecule has 1 aromatic heterocycles. The lowest BCUT2D eigenvalue weighted by Gasteiger charge is -2.08. The Hall–Kier alpha value is -1.46. The van der Waals surface area contributed by atoms with E-state index in [2.05, 4.69) is 4.98 Å². The van der Waals surface area contributed by atoms with Gasteiger partial charge in [-0.3, -0.25) is 9.36 Å². The highest BCUT2D eigenvalue weighted by atomic mass is 35.5. The SMILES string of the molecule is Nc1nc2n(c(=O)c1Cc1ccc(Cl)cc1)CCS2. The largest absolute Gasteiger partial charge is 0.383 e. The second kappa shape index (κ2) is 4.90. The zero-order valence-corrected chi connectivity index (χ0v) is 11.7. The van der Waals surface area contributed by atoms with E-state index in [0.717, 1.165) is 16.5 Å². The van der Waals surface area contributed by atoms with Gasteiger partial charge < -0.3 is 5.73 Å². The fraction of sp³-hybridized carbons (Fsp3) is 0.231. The molecule has 19 heavy (non-hydrogen) atoms. The van der Waals surface area contributed by atoms with Gasteiger partial charge in [-0.2, -0.15) is 0 Å². The van der Waals surface area contributed by atoms with Gasteiger partial charge in [0.15, 0.2) is 5.16 Å². The van der Waals surface area contributed by atoms with Crippen LogP contribution in [0.25, 0.3) is 0 Å². The van der Waals surface area contributed by atoms with E-state index < -0.39 is 0 Å². The first-order valence-electron chi connectivity index (χ1n) is 5.91. The lowest BCUT2D eigenvalue weighted by molar-refractivity contribution is 0.649. The molecular formula is C13H12ClN3OS. The van der Waals surface area contributed by atoms with Gasteiger partial charge in [0, 0.05) is 23.7 Å². The van der Waals surface area contributed by atoms with Crippen LogP contribution in [0.4, 0.5) is 5.82 Å². The highest BCUT2D eigenvalue weighted by molar-refractivity contribution is 7.99. The second-order valence-electron chi connectivity index (χ2n) is 4.37.